The Bertz CT molecular complexity index is 893. The molecule has 14 saturated carbocycles. The summed E-state index contributed by atoms with van der Waals surface area (Å²) in [6.07, 6.45) is 6.86. The van der Waals surface area contributed by atoms with Crippen molar-refractivity contribution in [3.63, 3.8) is 0 Å². The molecule has 0 heterocycles. The van der Waals surface area contributed by atoms with Crippen LogP contribution in [0.2, 0.25) is 0 Å². The Labute approximate surface area is 141 Å². The van der Waals surface area contributed by atoms with E-state index in [4.69, 9.17) is 0 Å². The van der Waals surface area contributed by atoms with Crippen molar-refractivity contribution in [1.29, 1.82) is 0 Å². The Morgan fingerprint density at radius 3 is 2.00 bits per heavy atom. The molecule has 0 aromatic heterocycles. The molecule has 118 valence electrons. The van der Waals surface area contributed by atoms with Gasteiger partial charge in [0.2, 0.25) is 0 Å². The SMILES string of the molecule is C1C2CC3C4C5C6C7C8CC9CC%10C%11C%12[C-]%13C%14C1C23C%144C%135C%126C%117C9%108. The zero-order chi connectivity index (χ0) is 13.9. The first-order chi connectivity index (χ1) is 11.9. The Kier molecular flexibility index (Phi) is 0.640. The average Bonchev–Trinajstić information content (AvgIpc) is 2.45. The van der Waals surface area contributed by atoms with Gasteiger partial charge in [0.15, 0.2) is 0 Å². The molecule has 0 aromatic carbocycles. The molecular formula is C24H21-. The standard InChI is InChI=1S/C24H21/c1-5-2-8-12-17-18-14-10-4-6-3-9-13-16-15-11-7(1)19(5,8)21(11,12)23(15,17)24(16,18)22(13,14)20(6,9)10/h5-17H,1-4H2/q-1. The van der Waals surface area contributed by atoms with Crippen molar-refractivity contribution in [2.24, 2.45) is 109 Å². The highest BCUT2D eigenvalue weighted by Crippen LogP contribution is 3.32. The van der Waals surface area contributed by atoms with Crippen LogP contribution in [0.5, 0.6) is 0 Å². The lowest BCUT2D eigenvalue weighted by molar-refractivity contribution is -0.823. The lowest BCUT2D eigenvalue weighted by Crippen LogP contribution is -3.28. The van der Waals surface area contributed by atoms with Gasteiger partial charge < -0.3 is 0 Å². The summed E-state index contributed by atoms with van der Waals surface area (Å²) >= 11 is 0. The highest BCUT2D eigenvalue weighted by molar-refractivity contribution is 5.81. The maximum atomic E-state index is 2.36. The molecule has 0 N–H and O–H groups in total. The van der Waals surface area contributed by atoms with Crippen molar-refractivity contribution >= 4 is 0 Å². The summed E-state index contributed by atoms with van der Waals surface area (Å²) in [5.41, 5.74) is 6.34. The minimum atomic E-state index is 1.02. The third-order valence-electron chi connectivity index (χ3n) is 17.3. The van der Waals surface area contributed by atoms with Gasteiger partial charge in [-0.3, -0.25) is 5.92 Å². The van der Waals surface area contributed by atoms with E-state index in [1.807, 2.05) is 0 Å². The summed E-state index contributed by atoms with van der Waals surface area (Å²) in [7, 11) is 0. The fraction of sp³-hybridized carbons (Fsp3) is 0.958. The van der Waals surface area contributed by atoms with Crippen LogP contribution in [0, 0.1) is 115 Å². The Balaban J connectivity index is 1.14. The van der Waals surface area contributed by atoms with Crippen LogP contribution in [0.1, 0.15) is 25.7 Å². The van der Waals surface area contributed by atoms with Crippen molar-refractivity contribution in [3.8, 4) is 0 Å². The van der Waals surface area contributed by atoms with Gasteiger partial charge in [-0.2, -0.15) is 11.8 Å². The quantitative estimate of drug-likeness (QED) is 0.603. The van der Waals surface area contributed by atoms with Gasteiger partial charge >= 0.3 is 0 Å². The van der Waals surface area contributed by atoms with Crippen molar-refractivity contribution in [2.75, 3.05) is 0 Å². The summed E-state index contributed by atoms with van der Waals surface area (Å²) in [6.45, 7) is 0. The van der Waals surface area contributed by atoms with Gasteiger partial charge in [-0.15, -0.1) is 5.41 Å². The molecule has 6 spiro atoms. The van der Waals surface area contributed by atoms with Crippen LogP contribution < -0.4 is 0 Å². The van der Waals surface area contributed by atoms with E-state index in [9.17, 15) is 0 Å². The molecule has 0 nitrogen and oxygen atoms in total. The molecular weight excluding hydrogens is 288 g/mol. The first-order valence-electron chi connectivity index (χ1n) is 11.8. The fourth-order valence-electron chi connectivity index (χ4n) is 19.5. The number of rotatable bonds is 0. The Morgan fingerprint density at radius 2 is 1.21 bits per heavy atom. The molecule has 0 heteroatoms. The van der Waals surface area contributed by atoms with Gasteiger partial charge in [0.1, 0.15) is 0 Å². The minimum absolute atomic E-state index is 1.02. The second-order valence-electron chi connectivity index (χ2n) is 14.1. The number of hydrogen-bond acceptors (Lipinski definition) is 0. The van der Waals surface area contributed by atoms with E-state index in [2.05, 4.69) is 5.92 Å². The van der Waals surface area contributed by atoms with Crippen LogP contribution >= 0.6 is 0 Å². The molecule has 0 amide bonds. The Morgan fingerprint density at radius 1 is 0.542 bits per heavy atom. The minimum Gasteiger partial charge on any atom is -0.299 e. The van der Waals surface area contributed by atoms with Crippen LogP contribution in [0.3, 0.4) is 0 Å². The second kappa shape index (κ2) is 1.66. The van der Waals surface area contributed by atoms with Crippen LogP contribution in [-0.4, -0.2) is 0 Å². The molecule has 14 aliphatic rings. The molecule has 0 bridgehead atoms. The predicted molar refractivity (Wildman–Crippen MR) is 81.7 cm³/mol. The highest BCUT2D eigenvalue weighted by Gasteiger charge is 3.24. The molecule has 0 radical (unpaired) electrons. The van der Waals surface area contributed by atoms with E-state index < -0.39 is 0 Å². The number of fused-ring (bicyclic) bond motifs is 10. The normalized spacial score (nSPS) is 113. The van der Waals surface area contributed by atoms with Crippen LogP contribution in [0.15, 0.2) is 0 Å². The van der Waals surface area contributed by atoms with Crippen LogP contribution in [-0.2, 0) is 0 Å². The molecule has 0 aromatic rings. The lowest BCUT2D eigenvalue weighted by Gasteiger charge is -3.37. The van der Waals surface area contributed by atoms with E-state index in [1.54, 1.807) is 25.7 Å². The first kappa shape index (κ1) is 9.27. The molecule has 0 saturated heterocycles. The van der Waals surface area contributed by atoms with E-state index in [-0.39, 0.29) is 0 Å². The fourth-order valence-corrected chi connectivity index (χ4v) is 19.5. The van der Waals surface area contributed by atoms with Crippen LogP contribution in [0.25, 0.3) is 0 Å². The molecule has 24 heavy (non-hydrogen) atoms. The van der Waals surface area contributed by atoms with E-state index in [0.29, 0.717) is 0 Å². The maximum Gasteiger partial charge on any atom is -0.0142 e. The molecule has 19 atom stereocenters. The van der Waals surface area contributed by atoms with E-state index in [1.165, 1.54) is 76.9 Å². The van der Waals surface area contributed by atoms with E-state index in [0.717, 1.165) is 32.5 Å². The molecule has 19 unspecified atom stereocenters. The van der Waals surface area contributed by atoms with Crippen LogP contribution in [0.4, 0.5) is 0 Å². The summed E-state index contributed by atoms with van der Waals surface area (Å²) < 4.78 is 0. The van der Waals surface area contributed by atoms with Crippen molar-refractivity contribution in [1.82, 2.24) is 0 Å². The molecule has 14 fully saturated rings. The average molecular weight is 309 g/mol. The summed E-state index contributed by atoms with van der Waals surface area (Å²) in [5, 5.41) is 0. The van der Waals surface area contributed by atoms with Gasteiger partial charge in [0.05, 0.1) is 0 Å². The second-order valence-corrected chi connectivity index (χ2v) is 14.1. The van der Waals surface area contributed by atoms with Crippen molar-refractivity contribution < 1.29 is 0 Å². The highest BCUT2D eigenvalue weighted by atomic mass is 15.3. The third-order valence-corrected chi connectivity index (χ3v) is 17.3. The number of hydrogen-bond donors (Lipinski definition) is 0. The van der Waals surface area contributed by atoms with Crippen molar-refractivity contribution in [3.05, 3.63) is 5.92 Å². The Hall–Kier alpha value is 0. The lowest BCUT2D eigenvalue weighted by atomic mass is 8.72. The zero-order valence-corrected chi connectivity index (χ0v) is 13.8. The topological polar surface area (TPSA) is 0 Å². The van der Waals surface area contributed by atoms with Gasteiger partial charge in [-0.25, -0.2) is 0 Å². The van der Waals surface area contributed by atoms with Crippen molar-refractivity contribution in [2.45, 2.75) is 25.7 Å². The monoisotopic (exact) mass is 309 g/mol. The summed E-state index contributed by atoms with van der Waals surface area (Å²) in [4.78, 5) is 0. The summed E-state index contributed by atoms with van der Waals surface area (Å²) in [5.74, 6) is 19.3. The maximum absolute atomic E-state index is 2.36. The van der Waals surface area contributed by atoms with Gasteiger partial charge in [-0.1, -0.05) is 28.6 Å². The van der Waals surface area contributed by atoms with E-state index >= 15 is 0 Å². The third kappa shape index (κ3) is 0.283. The van der Waals surface area contributed by atoms with Gasteiger partial charge in [0.25, 0.3) is 0 Å². The first-order valence-corrected chi connectivity index (χ1v) is 11.8. The molecule has 14 aliphatic carbocycles. The predicted octanol–water partition coefficient (Wildman–Crippen LogP) is 3.24. The summed E-state index contributed by atoms with van der Waals surface area (Å²) in [6, 6.07) is 0. The smallest absolute Gasteiger partial charge is 0.0142 e. The van der Waals surface area contributed by atoms with Gasteiger partial charge in [0, 0.05) is 0 Å². The molecule has 14 rings (SSSR count). The largest absolute Gasteiger partial charge is 0.299 e. The van der Waals surface area contributed by atoms with Gasteiger partial charge in [-0.05, 0) is 89.3 Å². The zero-order valence-electron chi connectivity index (χ0n) is 13.8. The molecule has 0 aliphatic heterocycles.